The Kier molecular flexibility index (Phi) is 4.06. The first-order valence-electron chi connectivity index (χ1n) is 8.04. The normalized spacial score (nSPS) is 10.7. The highest BCUT2D eigenvalue weighted by molar-refractivity contribution is 6.05. The van der Waals surface area contributed by atoms with E-state index in [1.54, 1.807) is 53.5 Å². The van der Waals surface area contributed by atoms with Gasteiger partial charge in [0.25, 0.3) is 5.91 Å². The third-order valence-corrected chi connectivity index (χ3v) is 3.99. The van der Waals surface area contributed by atoms with E-state index >= 15 is 0 Å². The lowest BCUT2D eigenvalue weighted by Gasteiger charge is -2.12. The van der Waals surface area contributed by atoms with Crippen molar-refractivity contribution in [3.8, 4) is 5.69 Å². The molecule has 0 aromatic carbocycles. The number of nitrogens with zero attached hydrogens (tertiary/aromatic N) is 3. The van der Waals surface area contributed by atoms with Crippen molar-refractivity contribution in [2.75, 3.05) is 5.32 Å². The minimum atomic E-state index is -0.546. The van der Waals surface area contributed by atoms with Gasteiger partial charge in [0.2, 0.25) is 11.0 Å². The highest BCUT2D eigenvalue weighted by Gasteiger charge is 2.17. The molecule has 0 saturated carbocycles. The first-order chi connectivity index (χ1) is 13.1. The first-order valence-corrected chi connectivity index (χ1v) is 8.04. The molecule has 0 fully saturated rings. The van der Waals surface area contributed by atoms with Crippen molar-refractivity contribution in [3.05, 3.63) is 93.5 Å². The molecule has 4 aromatic rings. The molecule has 0 aliphatic carbocycles. The molecule has 1 amide bonds. The van der Waals surface area contributed by atoms with Gasteiger partial charge in [-0.2, -0.15) is 0 Å². The minimum absolute atomic E-state index is 0.0430. The molecule has 0 atom stereocenters. The fourth-order valence-electron chi connectivity index (χ4n) is 2.70. The molecule has 2 N–H and O–H groups in total. The van der Waals surface area contributed by atoms with Gasteiger partial charge in [0.15, 0.2) is 0 Å². The van der Waals surface area contributed by atoms with E-state index in [9.17, 15) is 14.4 Å². The average molecular weight is 359 g/mol. The lowest BCUT2D eigenvalue weighted by molar-refractivity contribution is 0.102. The second kappa shape index (κ2) is 6.68. The fraction of sp³-hybridized carbons (Fsp3) is 0. The van der Waals surface area contributed by atoms with Crippen molar-refractivity contribution in [2.45, 2.75) is 0 Å². The van der Waals surface area contributed by atoms with E-state index in [1.165, 1.54) is 18.5 Å². The zero-order valence-corrected chi connectivity index (χ0v) is 13.9. The lowest BCUT2D eigenvalue weighted by Crippen LogP contribution is -2.24. The van der Waals surface area contributed by atoms with Crippen LogP contribution in [0.25, 0.3) is 16.7 Å². The number of aromatic nitrogens is 4. The number of H-pyrrole nitrogens is 1. The van der Waals surface area contributed by atoms with Gasteiger partial charge in [-0.15, -0.1) is 0 Å². The summed E-state index contributed by atoms with van der Waals surface area (Å²) < 4.78 is 1.59. The summed E-state index contributed by atoms with van der Waals surface area (Å²) in [4.78, 5) is 47.6. The van der Waals surface area contributed by atoms with E-state index in [1.807, 2.05) is 0 Å². The number of carbonyl (C=O) groups is 1. The molecule has 0 radical (unpaired) electrons. The summed E-state index contributed by atoms with van der Waals surface area (Å²) in [6.45, 7) is 0. The SMILES string of the molecule is O=C(Nc1ccncc1)c1cn(-c2ccc(=O)[nH]c2)c2ncccc2c1=O. The Morgan fingerprint density at radius 3 is 2.59 bits per heavy atom. The van der Waals surface area contributed by atoms with Crippen LogP contribution in [0.5, 0.6) is 0 Å². The molecule has 0 aliphatic heterocycles. The Morgan fingerprint density at radius 1 is 1.04 bits per heavy atom. The summed E-state index contributed by atoms with van der Waals surface area (Å²) in [5.41, 5.74) is 0.749. The standard InChI is InChI=1S/C19H13N5O3/c25-16-4-3-13(10-22-16)24-11-15(17(26)14-2-1-7-21-18(14)24)19(27)23-12-5-8-20-9-6-12/h1-11H,(H,22,25)(H,20,23,27). The molecule has 4 heterocycles. The smallest absolute Gasteiger partial charge is 0.261 e. The number of fused-ring (bicyclic) bond motifs is 1. The van der Waals surface area contributed by atoms with Crippen LogP contribution >= 0.6 is 0 Å². The molecule has 8 nitrogen and oxygen atoms in total. The van der Waals surface area contributed by atoms with E-state index < -0.39 is 11.3 Å². The predicted molar refractivity (Wildman–Crippen MR) is 100 cm³/mol. The molecular weight excluding hydrogens is 346 g/mol. The van der Waals surface area contributed by atoms with Crippen molar-refractivity contribution in [1.29, 1.82) is 0 Å². The summed E-state index contributed by atoms with van der Waals surface area (Å²) >= 11 is 0. The van der Waals surface area contributed by atoms with Crippen LogP contribution in [-0.4, -0.2) is 25.4 Å². The number of nitrogens with one attached hydrogen (secondary N) is 2. The second-order valence-corrected chi connectivity index (χ2v) is 5.72. The van der Waals surface area contributed by atoms with Gasteiger partial charge in [0.1, 0.15) is 11.2 Å². The van der Waals surface area contributed by atoms with Crippen LogP contribution in [0.2, 0.25) is 0 Å². The van der Waals surface area contributed by atoms with Crippen molar-refractivity contribution in [3.63, 3.8) is 0 Å². The van der Waals surface area contributed by atoms with E-state index in [0.29, 0.717) is 22.4 Å². The lowest BCUT2D eigenvalue weighted by atomic mass is 10.1. The van der Waals surface area contributed by atoms with Crippen LogP contribution in [0.3, 0.4) is 0 Å². The van der Waals surface area contributed by atoms with Crippen molar-refractivity contribution in [2.24, 2.45) is 0 Å². The Balaban J connectivity index is 1.90. The summed E-state index contributed by atoms with van der Waals surface area (Å²) in [7, 11) is 0. The summed E-state index contributed by atoms with van der Waals surface area (Å²) in [5.74, 6) is -0.546. The van der Waals surface area contributed by atoms with Crippen LogP contribution in [0.4, 0.5) is 5.69 Å². The van der Waals surface area contributed by atoms with Crippen LogP contribution < -0.4 is 16.3 Å². The summed E-state index contributed by atoms with van der Waals surface area (Å²) in [6, 6.07) is 9.43. The average Bonchev–Trinajstić information content (AvgIpc) is 2.70. The molecular formula is C19H13N5O3. The molecule has 4 aromatic heterocycles. The maximum Gasteiger partial charge on any atom is 0.261 e. The zero-order valence-electron chi connectivity index (χ0n) is 13.9. The Labute approximate surface area is 152 Å². The second-order valence-electron chi connectivity index (χ2n) is 5.72. The monoisotopic (exact) mass is 359 g/mol. The van der Waals surface area contributed by atoms with E-state index in [-0.39, 0.29) is 11.1 Å². The molecule has 4 rings (SSSR count). The number of pyridine rings is 4. The van der Waals surface area contributed by atoms with Gasteiger partial charge in [0.05, 0.1) is 11.1 Å². The van der Waals surface area contributed by atoms with E-state index in [0.717, 1.165) is 0 Å². The number of hydrogen-bond donors (Lipinski definition) is 2. The molecule has 0 unspecified atom stereocenters. The third-order valence-electron chi connectivity index (χ3n) is 3.99. The van der Waals surface area contributed by atoms with Crippen LogP contribution in [0.1, 0.15) is 10.4 Å². The highest BCUT2D eigenvalue weighted by Crippen LogP contribution is 2.15. The molecule has 8 heteroatoms. The first kappa shape index (κ1) is 16.4. The van der Waals surface area contributed by atoms with Crippen molar-refractivity contribution in [1.82, 2.24) is 19.5 Å². The number of carbonyl (C=O) groups excluding carboxylic acids is 1. The zero-order chi connectivity index (χ0) is 18.8. The van der Waals surface area contributed by atoms with Gasteiger partial charge >= 0.3 is 0 Å². The van der Waals surface area contributed by atoms with E-state index in [4.69, 9.17) is 0 Å². The number of aromatic amines is 1. The number of hydrogen-bond acceptors (Lipinski definition) is 5. The molecule has 0 bridgehead atoms. The molecule has 0 aliphatic rings. The quantitative estimate of drug-likeness (QED) is 0.579. The van der Waals surface area contributed by atoms with Gasteiger partial charge in [-0.05, 0) is 30.3 Å². The summed E-state index contributed by atoms with van der Waals surface area (Å²) in [6.07, 6.45) is 7.55. The molecule has 132 valence electrons. The van der Waals surface area contributed by atoms with Crippen LogP contribution in [-0.2, 0) is 0 Å². The Bertz CT molecular complexity index is 1240. The maximum atomic E-state index is 12.8. The fourth-order valence-corrected chi connectivity index (χ4v) is 2.70. The Hall–Kier alpha value is -4.07. The molecule has 0 saturated heterocycles. The van der Waals surface area contributed by atoms with E-state index in [2.05, 4.69) is 20.3 Å². The topological polar surface area (TPSA) is 110 Å². The minimum Gasteiger partial charge on any atom is -0.327 e. The third kappa shape index (κ3) is 3.11. The largest absolute Gasteiger partial charge is 0.327 e. The number of rotatable bonds is 3. The Morgan fingerprint density at radius 2 is 1.85 bits per heavy atom. The highest BCUT2D eigenvalue weighted by atomic mass is 16.2. The molecule has 0 spiro atoms. The van der Waals surface area contributed by atoms with Crippen molar-refractivity contribution < 1.29 is 4.79 Å². The summed E-state index contributed by atoms with van der Waals surface area (Å²) in [5, 5.41) is 2.98. The number of amides is 1. The van der Waals surface area contributed by atoms with Gasteiger partial charge in [0, 0.05) is 42.7 Å². The van der Waals surface area contributed by atoms with Gasteiger partial charge in [-0.1, -0.05) is 0 Å². The number of anilines is 1. The van der Waals surface area contributed by atoms with Crippen molar-refractivity contribution >= 4 is 22.6 Å². The predicted octanol–water partition coefficient (Wildman–Crippen LogP) is 1.72. The maximum absolute atomic E-state index is 12.8. The van der Waals surface area contributed by atoms with Gasteiger partial charge < -0.3 is 10.3 Å². The van der Waals surface area contributed by atoms with Crippen LogP contribution in [0, 0.1) is 0 Å². The van der Waals surface area contributed by atoms with Crippen LogP contribution in [0.15, 0.2) is 77.0 Å². The molecule has 27 heavy (non-hydrogen) atoms. The van der Waals surface area contributed by atoms with Gasteiger partial charge in [-0.25, -0.2) is 4.98 Å². The van der Waals surface area contributed by atoms with Gasteiger partial charge in [-0.3, -0.25) is 23.9 Å².